The van der Waals surface area contributed by atoms with Crippen LogP contribution in [0, 0.1) is 20.8 Å². The van der Waals surface area contributed by atoms with E-state index in [-0.39, 0.29) is 0 Å². The van der Waals surface area contributed by atoms with Gasteiger partial charge in [0.05, 0.1) is 0 Å². The summed E-state index contributed by atoms with van der Waals surface area (Å²) in [5, 5.41) is 6.24. The largest absolute Gasteiger partial charge is 0.149 e. The second kappa shape index (κ2) is 9.09. The van der Waals surface area contributed by atoms with E-state index in [0.717, 1.165) is 0 Å². The Balaban J connectivity index is 0.000000135. The molecule has 0 aliphatic carbocycles. The quantitative estimate of drug-likeness (QED) is 0.465. The summed E-state index contributed by atoms with van der Waals surface area (Å²) in [7, 11) is 0. The molecule has 96 valence electrons. The van der Waals surface area contributed by atoms with Gasteiger partial charge in [0.25, 0.3) is 0 Å². The summed E-state index contributed by atoms with van der Waals surface area (Å²) in [6, 6.07) is 12.5. The van der Waals surface area contributed by atoms with Gasteiger partial charge in [-0.05, 0) is 55.1 Å². The Bertz CT molecular complexity index is 399. The highest BCUT2D eigenvalue weighted by atomic mass is 32.1. The summed E-state index contributed by atoms with van der Waals surface area (Å²) < 4.78 is 0. The Morgan fingerprint density at radius 3 is 0.889 bits per heavy atom. The molecule has 3 aromatic heterocycles. The van der Waals surface area contributed by atoms with E-state index in [0.29, 0.717) is 0 Å². The molecule has 0 saturated heterocycles. The zero-order valence-corrected chi connectivity index (χ0v) is 13.4. The highest BCUT2D eigenvalue weighted by Crippen LogP contribution is 2.04. The molecular formula is C15H18S3. The summed E-state index contributed by atoms with van der Waals surface area (Å²) in [5.74, 6) is 0. The molecule has 0 bridgehead atoms. The molecule has 0 aliphatic heterocycles. The SMILES string of the molecule is Cc1cccs1.Cc1cccs1.Cc1cccs1. The molecule has 0 aliphatic rings. The first kappa shape index (κ1) is 15.2. The molecule has 3 aromatic rings. The minimum atomic E-state index is 1.38. The third-order valence-corrected chi connectivity index (χ3v) is 4.39. The second-order valence-electron chi connectivity index (χ2n) is 3.67. The molecule has 0 N–H and O–H groups in total. The van der Waals surface area contributed by atoms with E-state index in [1.54, 1.807) is 34.0 Å². The van der Waals surface area contributed by atoms with Gasteiger partial charge in [-0.25, -0.2) is 0 Å². The van der Waals surface area contributed by atoms with Crippen LogP contribution in [0.25, 0.3) is 0 Å². The zero-order valence-electron chi connectivity index (χ0n) is 10.9. The first-order valence-corrected chi connectivity index (χ1v) is 8.32. The summed E-state index contributed by atoms with van der Waals surface area (Å²) in [4.78, 5) is 4.15. The fourth-order valence-corrected chi connectivity index (χ4v) is 2.67. The zero-order chi connectivity index (χ0) is 13.2. The van der Waals surface area contributed by atoms with Crippen molar-refractivity contribution < 1.29 is 0 Å². The van der Waals surface area contributed by atoms with Gasteiger partial charge >= 0.3 is 0 Å². The van der Waals surface area contributed by atoms with E-state index >= 15 is 0 Å². The van der Waals surface area contributed by atoms with Crippen LogP contribution in [0.15, 0.2) is 52.5 Å². The van der Waals surface area contributed by atoms with Crippen LogP contribution in [-0.4, -0.2) is 0 Å². The van der Waals surface area contributed by atoms with E-state index in [1.165, 1.54) is 14.6 Å². The number of hydrogen-bond acceptors (Lipinski definition) is 3. The second-order valence-corrected chi connectivity index (χ2v) is 7.13. The standard InChI is InChI=1S/3C5H6S/c3*1-5-3-2-4-6-5/h3*2-4H,1H3. The van der Waals surface area contributed by atoms with Crippen molar-refractivity contribution in [2.75, 3.05) is 0 Å². The average Bonchev–Trinajstić information content (AvgIpc) is 3.05. The monoisotopic (exact) mass is 294 g/mol. The maximum absolute atomic E-state index is 2.10. The summed E-state index contributed by atoms with van der Waals surface area (Å²) in [6.45, 7) is 6.31. The van der Waals surface area contributed by atoms with Crippen molar-refractivity contribution in [3.05, 3.63) is 67.2 Å². The molecule has 0 spiro atoms. The molecule has 0 fully saturated rings. The van der Waals surface area contributed by atoms with E-state index in [4.69, 9.17) is 0 Å². The molecule has 0 unspecified atom stereocenters. The molecule has 0 amide bonds. The lowest BCUT2D eigenvalue weighted by Gasteiger charge is -1.65. The Morgan fingerprint density at radius 1 is 0.556 bits per heavy atom. The molecule has 0 saturated carbocycles. The molecule has 18 heavy (non-hydrogen) atoms. The van der Waals surface area contributed by atoms with Crippen LogP contribution in [0.5, 0.6) is 0 Å². The Labute approximate surface area is 122 Å². The fourth-order valence-electron chi connectivity index (χ4n) is 1.08. The van der Waals surface area contributed by atoms with Crippen molar-refractivity contribution in [1.29, 1.82) is 0 Å². The van der Waals surface area contributed by atoms with Crippen LogP contribution in [0.1, 0.15) is 14.6 Å². The van der Waals surface area contributed by atoms with Gasteiger partial charge in [0.15, 0.2) is 0 Å². The lowest BCUT2D eigenvalue weighted by molar-refractivity contribution is 1.64. The van der Waals surface area contributed by atoms with Crippen LogP contribution in [-0.2, 0) is 0 Å². The molecule has 0 aromatic carbocycles. The van der Waals surface area contributed by atoms with Crippen LogP contribution in [0.3, 0.4) is 0 Å². The van der Waals surface area contributed by atoms with E-state index in [9.17, 15) is 0 Å². The first-order chi connectivity index (χ1) is 8.68. The number of hydrogen-bond donors (Lipinski definition) is 0. The maximum Gasteiger partial charge on any atom is 0.00141 e. The van der Waals surface area contributed by atoms with Gasteiger partial charge in [0.2, 0.25) is 0 Å². The summed E-state index contributed by atoms with van der Waals surface area (Å²) in [6.07, 6.45) is 0. The maximum atomic E-state index is 2.10. The Morgan fingerprint density at radius 2 is 0.833 bits per heavy atom. The van der Waals surface area contributed by atoms with Gasteiger partial charge < -0.3 is 0 Å². The molecule has 3 rings (SSSR count). The van der Waals surface area contributed by atoms with Gasteiger partial charge in [-0.15, -0.1) is 34.0 Å². The highest BCUT2D eigenvalue weighted by Gasteiger charge is 1.75. The van der Waals surface area contributed by atoms with E-state index in [2.05, 4.69) is 73.3 Å². The molecule has 0 nitrogen and oxygen atoms in total. The van der Waals surface area contributed by atoms with Gasteiger partial charge in [-0.1, -0.05) is 18.2 Å². The lowest BCUT2D eigenvalue weighted by atomic mass is 10.5. The van der Waals surface area contributed by atoms with Crippen molar-refractivity contribution in [3.8, 4) is 0 Å². The third kappa shape index (κ3) is 7.43. The highest BCUT2D eigenvalue weighted by molar-refractivity contribution is 7.10. The smallest absolute Gasteiger partial charge is 0.00141 e. The Kier molecular flexibility index (Phi) is 7.65. The fraction of sp³-hybridized carbons (Fsp3) is 0.200. The van der Waals surface area contributed by atoms with E-state index < -0.39 is 0 Å². The van der Waals surface area contributed by atoms with Crippen molar-refractivity contribution in [2.24, 2.45) is 0 Å². The van der Waals surface area contributed by atoms with Crippen LogP contribution in [0.4, 0.5) is 0 Å². The van der Waals surface area contributed by atoms with E-state index in [1.807, 2.05) is 0 Å². The van der Waals surface area contributed by atoms with Crippen LogP contribution >= 0.6 is 34.0 Å². The Hall–Kier alpha value is -0.900. The molecule has 3 heterocycles. The summed E-state index contributed by atoms with van der Waals surface area (Å²) >= 11 is 5.33. The van der Waals surface area contributed by atoms with Crippen LogP contribution in [0.2, 0.25) is 0 Å². The van der Waals surface area contributed by atoms with Gasteiger partial charge in [0, 0.05) is 14.6 Å². The minimum absolute atomic E-state index is 1.38. The topological polar surface area (TPSA) is 0 Å². The molecule has 3 heteroatoms. The average molecular weight is 295 g/mol. The minimum Gasteiger partial charge on any atom is -0.149 e. The number of thiophene rings is 3. The van der Waals surface area contributed by atoms with Crippen molar-refractivity contribution >= 4 is 34.0 Å². The molecule has 0 radical (unpaired) electrons. The third-order valence-electron chi connectivity index (χ3n) is 1.99. The van der Waals surface area contributed by atoms with Crippen molar-refractivity contribution in [2.45, 2.75) is 20.8 Å². The number of aryl methyl sites for hydroxylation is 3. The number of rotatable bonds is 0. The van der Waals surface area contributed by atoms with Crippen molar-refractivity contribution in [3.63, 3.8) is 0 Å². The normalized spacial score (nSPS) is 8.83. The van der Waals surface area contributed by atoms with Crippen molar-refractivity contribution in [1.82, 2.24) is 0 Å². The lowest BCUT2D eigenvalue weighted by Crippen LogP contribution is -1.43. The predicted molar refractivity (Wildman–Crippen MR) is 87.2 cm³/mol. The van der Waals surface area contributed by atoms with Gasteiger partial charge in [-0.2, -0.15) is 0 Å². The summed E-state index contributed by atoms with van der Waals surface area (Å²) in [5.41, 5.74) is 0. The first-order valence-electron chi connectivity index (χ1n) is 5.69. The molecular weight excluding hydrogens is 276 g/mol. The predicted octanol–water partition coefficient (Wildman–Crippen LogP) is 6.17. The van der Waals surface area contributed by atoms with Gasteiger partial charge in [-0.3, -0.25) is 0 Å². The van der Waals surface area contributed by atoms with Gasteiger partial charge in [0.1, 0.15) is 0 Å². The molecule has 0 atom stereocenters. The van der Waals surface area contributed by atoms with Crippen LogP contribution < -0.4 is 0 Å².